The lowest BCUT2D eigenvalue weighted by atomic mass is 9.90. The first-order valence-electron chi connectivity index (χ1n) is 8.27. The van der Waals surface area contributed by atoms with Crippen molar-refractivity contribution in [2.45, 2.75) is 25.1 Å². The van der Waals surface area contributed by atoms with E-state index in [-0.39, 0.29) is 12.1 Å². The number of urea groups is 1. The van der Waals surface area contributed by atoms with Gasteiger partial charge < -0.3 is 19.5 Å². The van der Waals surface area contributed by atoms with E-state index in [1.165, 1.54) is 0 Å². The van der Waals surface area contributed by atoms with Crippen molar-refractivity contribution in [3.63, 3.8) is 0 Å². The molecule has 7 heteroatoms. The highest BCUT2D eigenvalue weighted by Crippen LogP contribution is 2.51. The molecule has 4 rings (SSSR count). The van der Waals surface area contributed by atoms with Crippen molar-refractivity contribution in [2.24, 2.45) is 0 Å². The number of amides is 2. The molecule has 2 unspecified atom stereocenters. The van der Waals surface area contributed by atoms with Crippen molar-refractivity contribution >= 4 is 27.6 Å². The number of halogens is 1. The number of para-hydroxylation sites is 2. The maximum Gasteiger partial charge on any atom is 0.325 e. The van der Waals surface area contributed by atoms with Crippen molar-refractivity contribution in [3.05, 3.63) is 46.4 Å². The van der Waals surface area contributed by atoms with Crippen LogP contribution in [0.25, 0.3) is 0 Å². The van der Waals surface area contributed by atoms with E-state index in [2.05, 4.69) is 21.2 Å². The third kappa shape index (κ3) is 2.49. The first-order valence-corrected chi connectivity index (χ1v) is 9.06. The monoisotopic (exact) mass is 418 g/mol. The molecule has 0 spiro atoms. The van der Waals surface area contributed by atoms with Crippen LogP contribution in [-0.4, -0.2) is 26.0 Å². The summed E-state index contributed by atoms with van der Waals surface area (Å²) in [6.45, 7) is 1.91. The highest BCUT2D eigenvalue weighted by molar-refractivity contribution is 9.10. The Morgan fingerprint density at radius 3 is 2.69 bits per heavy atom. The second kappa shape index (κ2) is 6.09. The molecule has 2 heterocycles. The molecule has 0 aromatic heterocycles. The molecule has 26 heavy (non-hydrogen) atoms. The summed E-state index contributed by atoms with van der Waals surface area (Å²) < 4.78 is 18.2. The van der Waals surface area contributed by atoms with Crippen molar-refractivity contribution in [3.8, 4) is 17.2 Å². The Hall–Kier alpha value is -2.41. The molecule has 0 aliphatic carbocycles. The number of benzene rings is 2. The molecule has 2 atom stereocenters. The van der Waals surface area contributed by atoms with Crippen LogP contribution in [0.3, 0.4) is 0 Å². The fourth-order valence-electron chi connectivity index (χ4n) is 3.73. The largest absolute Gasteiger partial charge is 0.495 e. The van der Waals surface area contributed by atoms with Gasteiger partial charge in [-0.2, -0.15) is 0 Å². The van der Waals surface area contributed by atoms with Crippen molar-refractivity contribution in [2.75, 3.05) is 19.1 Å². The summed E-state index contributed by atoms with van der Waals surface area (Å²) in [6, 6.07) is 10.8. The number of nitrogens with zero attached hydrogens (tertiary/aromatic N) is 1. The van der Waals surface area contributed by atoms with Crippen molar-refractivity contribution in [1.29, 1.82) is 0 Å². The van der Waals surface area contributed by atoms with E-state index >= 15 is 0 Å². The van der Waals surface area contributed by atoms with Crippen LogP contribution in [0, 0.1) is 0 Å². The van der Waals surface area contributed by atoms with Gasteiger partial charge in [-0.3, -0.25) is 4.90 Å². The van der Waals surface area contributed by atoms with E-state index in [9.17, 15) is 4.79 Å². The summed E-state index contributed by atoms with van der Waals surface area (Å²) in [5, 5.41) is 3.08. The molecule has 1 fully saturated rings. The number of fused-ring (bicyclic) bond motifs is 4. The van der Waals surface area contributed by atoms with E-state index in [4.69, 9.17) is 14.2 Å². The van der Waals surface area contributed by atoms with Gasteiger partial charge in [-0.15, -0.1) is 0 Å². The van der Waals surface area contributed by atoms with Crippen LogP contribution in [-0.2, 0) is 0 Å². The second-order valence-electron chi connectivity index (χ2n) is 6.52. The first-order chi connectivity index (χ1) is 12.5. The Morgan fingerprint density at radius 2 is 1.96 bits per heavy atom. The zero-order chi connectivity index (χ0) is 18.5. The zero-order valence-corrected chi connectivity index (χ0v) is 16.3. The summed E-state index contributed by atoms with van der Waals surface area (Å²) in [7, 11) is 3.19. The Balaban J connectivity index is 1.85. The van der Waals surface area contributed by atoms with Crippen LogP contribution in [0.5, 0.6) is 17.2 Å². The van der Waals surface area contributed by atoms with Crippen LogP contribution >= 0.6 is 15.9 Å². The fraction of sp³-hybridized carbons (Fsp3) is 0.316. The van der Waals surface area contributed by atoms with Gasteiger partial charge in [0.1, 0.15) is 5.75 Å². The lowest BCUT2D eigenvalue weighted by Gasteiger charge is -2.50. The Labute approximate surface area is 160 Å². The highest BCUT2D eigenvalue weighted by atomic mass is 79.9. The number of methoxy groups -OCH3 is 2. The number of anilines is 1. The molecule has 2 aromatic carbocycles. The standard InChI is InChI=1S/C19H19BrN2O4/c1-19-10-13(12-8-11(20)9-16(25-3)17(12)26-19)21-18(23)22(19)14-6-4-5-7-15(14)24-2/h4-9,13H,10H2,1-3H3,(H,21,23). The summed E-state index contributed by atoms with van der Waals surface area (Å²) in [5.41, 5.74) is 0.699. The van der Waals surface area contributed by atoms with Gasteiger partial charge in [-0.25, -0.2) is 4.79 Å². The minimum Gasteiger partial charge on any atom is -0.495 e. The molecule has 1 saturated heterocycles. The summed E-state index contributed by atoms with van der Waals surface area (Å²) in [5.74, 6) is 1.88. The number of hydrogen-bond donors (Lipinski definition) is 1. The minimum atomic E-state index is -0.865. The summed E-state index contributed by atoms with van der Waals surface area (Å²) >= 11 is 3.49. The maximum absolute atomic E-state index is 13.0. The zero-order valence-electron chi connectivity index (χ0n) is 14.7. The molecule has 0 saturated carbocycles. The maximum atomic E-state index is 13.0. The third-order valence-electron chi connectivity index (χ3n) is 4.85. The van der Waals surface area contributed by atoms with E-state index in [0.717, 1.165) is 10.0 Å². The Morgan fingerprint density at radius 1 is 1.23 bits per heavy atom. The molecule has 136 valence electrons. The molecule has 2 amide bonds. The molecule has 2 aliphatic heterocycles. The molecule has 1 N–H and O–H groups in total. The molecule has 0 radical (unpaired) electrons. The molecule has 2 bridgehead atoms. The Kier molecular flexibility index (Phi) is 3.99. The van der Waals surface area contributed by atoms with E-state index < -0.39 is 5.72 Å². The number of hydrogen-bond acceptors (Lipinski definition) is 4. The van der Waals surface area contributed by atoms with E-state index in [1.54, 1.807) is 19.1 Å². The number of ether oxygens (including phenoxy) is 3. The predicted molar refractivity (Wildman–Crippen MR) is 101 cm³/mol. The predicted octanol–water partition coefficient (Wildman–Crippen LogP) is 4.24. The average Bonchev–Trinajstić information content (AvgIpc) is 2.61. The van der Waals surface area contributed by atoms with Gasteiger partial charge in [0.05, 0.1) is 25.9 Å². The molecule has 6 nitrogen and oxygen atoms in total. The number of nitrogens with one attached hydrogen (secondary N) is 1. The first kappa shape index (κ1) is 17.0. The molecular weight excluding hydrogens is 400 g/mol. The smallest absolute Gasteiger partial charge is 0.325 e. The molecular formula is C19H19BrN2O4. The van der Waals surface area contributed by atoms with Gasteiger partial charge in [0.15, 0.2) is 17.2 Å². The van der Waals surface area contributed by atoms with Crippen molar-refractivity contribution in [1.82, 2.24) is 5.32 Å². The topological polar surface area (TPSA) is 60.0 Å². The van der Waals surface area contributed by atoms with Crippen LogP contribution in [0.15, 0.2) is 40.9 Å². The second-order valence-corrected chi connectivity index (χ2v) is 7.43. The lowest BCUT2D eigenvalue weighted by molar-refractivity contribution is 0.0345. The number of carbonyl (C=O) groups excluding carboxylic acids is 1. The minimum absolute atomic E-state index is 0.159. The van der Waals surface area contributed by atoms with Gasteiger partial charge in [0.2, 0.25) is 0 Å². The van der Waals surface area contributed by atoms with Crippen LogP contribution in [0.4, 0.5) is 10.5 Å². The highest BCUT2D eigenvalue weighted by Gasteiger charge is 2.51. The summed E-state index contributed by atoms with van der Waals surface area (Å²) in [4.78, 5) is 14.6. The summed E-state index contributed by atoms with van der Waals surface area (Å²) in [6.07, 6.45) is 0.601. The van der Waals surface area contributed by atoms with Crippen LogP contribution in [0.1, 0.15) is 24.9 Å². The Bertz CT molecular complexity index is 888. The van der Waals surface area contributed by atoms with Gasteiger partial charge in [0, 0.05) is 16.5 Å². The fourth-order valence-corrected chi connectivity index (χ4v) is 4.19. The lowest BCUT2D eigenvalue weighted by Crippen LogP contribution is -2.65. The molecule has 2 aromatic rings. The van der Waals surface area contributed by atoms with Crippen molar-refractivity contribution < 1.29 is 19.0 Å². The van der Waals surface area contributed by atoms with Gasteiger partial charge in [0.25, 0.3) is 0 Å². The molecule has 2 aliphatic rings. The van der Waals surface area contributed by atoms with Gasteiger partial charge in [-0.1, -0.05) is 28.1 Å². The van der Waals surface area contributed by atoms with E-state index in [1.807, 2.05) is 43.3 Å². The quantitative estimate of drug-likeness (QED) is 0.809. The van der Waals surface area contributed by atoms with Gasteiger partial charge in [-0.05, 0) is 31.2 Å². The van der Waals surface area contributed by atoms with Crippen LogP contribution < -0.4 is 24.4 Å². The van der Waals surface area contributed by atoms with E-state index in [0.29, 0.717) is 29.4 Å². The number of rotatable bonds is 3. The van der Waals surface area contributed by atoms with Gasteiger partial charge >= 0.3 is 6.03 Å². The van der Waals surface area contributed by atoms with Crippen LogP contribution in [0.2, 0.25) is 0 Å². The number of carbonyl (C=O) groups is 1. The third-order valence-corrected chi connectivity index (χ3v) is 5.31. The average molecular weight is 419 g/mol. The normalized spacial score (nSPS) is 23.6. The SMILES string of the molecule is COc1ccccc1N1C(=O)NC2CC1(C)Oc1c(OC)cc(Br)cc12.